The number of aliphatic hydroxyl groups excluding tert-OH is 1. The summed E-state index contributed by atoms with van der Waals surface area (Å²) in [6.45, 7) is 5.62. The maximum Gasteiger partial charge on any atom is 0.0900 e. The molecule has 1 N–H and O–H groups in total. The lowest BCUT2D eigenvalue weighted by Gasteiger charge is -2.57. The van der Waals surface area contributed by atoms with Gasteiger partial charge in [-0.2, -0.15) is 0 Å². The monoisotopic (exact) mass is 349 g/mol. The van der Waals surface area contributed by atoms with Crippen molar-refractivity contribution in [3.05, 3.63) is 0 Å². The van der Waals surface area contributed by atoms with Gasteiger partial charge >= 0.3 is 0 Å². The molecule has 2 atom stereocenters. The van der Waals surface area contributed by atoms with Crippen molar-refractivity contribution in [1.82, 2.24) is 4.90 Å². The first-order valence-electron chi connectivity index (χ1n) is 11.2. The van der Waals surface area contributed by atoms with Crippen molar-refractivity contribution in [2.24, 2.45) is 23.2 Å². The molecular weight excluding hydrogens is 310 g/mol. The van der Waals surface area contributed by atoms with E-state index in [2.05, 4.69) is 11.8 Å². The molecule has 0 radical (unpaired) electrons. The highest BCUT2D eigenvalue weighted by molar-refractivity contribution is 5.01. The number of ether oxygens (including phenoxy) is 1. The lowest BCUT2D eigenvalue weighted by atomic mass is 9.49. The zero-order chi connectivity index (χ0) is 17.3. The normalized spacial score (nSPS) is 42.0. The number of nitrogens with zero attached hydrogens (tertiary/aromatic N) is 1. The Morgan fingerprint density at radius 2 is 1.76 bits per heavy atom. The fourth-order valence-corrected chi connectivity index (χ4v) is 7.19. The third-order valence-electron chi connectivity index (χ3n) is 7.92. The van der Waals surface area contributed by atoms with E-state index in [1.165, 1.54) is 70.6 Å². The van der Waals surface area contributed by atoms with Crippen molar-refractivity contribution in [3.63, 3.8) is 0 Å². The van der Waals surface area contributed by atoms with Crippen molar-refractivity contribution in [3.8, 4) is 0 Å². The van der Waals surface area contributed by atoms with Crippen LogP contribution < -0.4 is 0 Å². The highest BCUT2D eigenvalue weighted by Crippen LogP contribution is 2.61. The van der Waals surface area contributed by atoms with Gasteiger partial charge in [0.1, 0.15) is 0 Å². The molecule has 5 rings (SSSR count). The van der Waals surface area contributed by atoms with Gasteiger partial charge in [0.15, 0.2) is 0 Å². The standard InChI is InChI=1S/C22H39NO2/c1-2-20-5-3-4-7-23(20)15-21(24)16-25-8-6-22-12-17-9-18(13-22)11-19(10-17)14-22/h17-21,24H,2-16H2,1H3/t17?,18?,19?,20-,21+,22?/m1/s1. The van der Waals surface area contributed by atoms with Gasteiger partial charge in [-0.25, -0.2) is 0 Å². The van der Waals surface area contributed by atoms with E-state index < -0.39 is 0 Å². The van der Waals surface area contributed by atoms with Crippen LogP contribution in [0, 0.1) is 23.2 Å². The van der Waals surface area contributed by atoms with E-state index in [0.717, 1.165) is 37.5 Å². The second-order valence-corrected chi connectivity index (χ2v) is 9.95. The Morgan fingerprint density at radius 3 is 2.40 bits per heavy atom. The van der Waals surface area contributed by atoms with Gasteiger partial charge in [-0.05, 0) is 93.9 Å². The summed E-state index contributed by atoms with van der Waals surface area (Å²) in [5.74, 6) is 3.09. The largest absolute Gasteiger partial charge is 0.389 e. The molecule has 1 aliphatic heterocycles. The Morgan fingerprint density at radius 1 is 1.08 bits per heavy atom. The van der Waals surface area contributed by atoms with E-state index in [0.29, 0.717) is 18.1 Å². The van der Waals surface area contributed by atoms with E-state index in [4.69, 9.17) is 4.74 Å². The molecule has 4 bridgehead atoms. The average molecular weight is 350 g/mol. The van der Waals surface area contributed by atoms with Crippen LogP contribution in [0.15, 0.2) is 0 Å². The summed E-state index contributed by atoms with van der Waals surface area (Å²) in [4.78, 5) is 2.50. The van der Waals surface area contributed by atoms with Gasteiger partial charge in [-0.1, -0.05) is 13.3 Å². The van der Waals surface area contributed by atoms with Crippen molar-refractivity contribution < 1.29 is 9.84 Å². The van der Waals surface area contributed by atoms with E-state index >= 15 is 0 Å². The minimum atomic E-state index is -0.316. The zero-order valence-electron chi connectivity index (χ0n) is 16.3. The molecule has 1 heterocycles. The highest BCUT2D eigenvalue weighted by Gasteiger charge is 2.50. The third kappa shape index (κ3) is 4.25. The number of β-amino-alcohol motifs (C(OH)–C–C–N with tert-alkyl or cyclic N) is 1. The van der Waals surface area contributed by atoms with Gasteiger partial charge in [0.25, 0.3) is 0 Å². The fourth-order valence-electron chi connectivity index (χ4n) is 7.19. The number of likely N-dealkylation sites (tertiary alicyclic amines) is 1. The molecule has 5 fully saturated rings. The van der Waals surface area contributed by atoms with Crippen molar-refractivity contribution in [2.45, 2.75) is 89.7 Å². The van der Waals surface area contributed by atoms with Crippen LogP contribution in [-0.4, -0.2) is 48.5 Å². The van der Waals surface area contributed by atoms with Crippen LogP contribution in [0.4, 0.5) is 0 Å². The smallest absolute Gasteiger partial charge is 0.0900 e. The molecule has 4 saturated carbocycles. The van der Waals surface area contributed by atoms with Gasteiger partial charge in [0, 0.05) is 19.2 Å². The maximum atomic E-state index is 10.4. The Labute approximate surface area is 154 Å². The zero-order valence-corrected chi connectivity index (χ0v) is 16.3. The fraction of sp³-hybridized carbons (Fsp3) is 1.00. The molecule has 0 spiro atoms. The van der Waals surface area contributed by atoms with E-state index in [1.54, 1.807) is 0 Å². The SMILES string of the molecule is CC[C@@H]1CCCCN1C[C@H](O)COCCC12CC3CC(CC(C3)C1)C2. The molecule has 5 aliphatic rings. The predicted molar refractivity (Wildman–Crippen MR) is 102 cm³/mol. The van der Waals surface area contributed by atoms with Crippen molar-refractivity contribution in [2.75, 3.05) is 26.3 Å². The summed E-state index contributed by atoms with van der Waals surface area (Å²) >= 11 is 0. The average Bonchev–Trinajstić information content (AvgIpc) is 2.58. The number of aliphatic hydroxyl groups is 1. The van der Waals surface area contributed by atoms with Crippen molar-refractivity contribution in [1.29, 1.82) is 0 Å². The summed E-state index contributed by atoms with van der Waals surface area (Å²) in [5.41, 5.74) is 0.611. The molecule has 3 nitrogen and oxygen atoms in total. The van der Waals surface area contributed by atoms with Gasteiger partial charge in [-0.15, -0.1) is 0 Å². The number of piperidine rings is 1. The topological polar surface area (TPSA) is 32.7 Å². The minimum Gasteiger partial charge on any atom is -0.389 e. The van der Waals surface area contributed by atoms with Gasteiger partial charge < -0.3 is 9.84 Å². The Hall–Kier alpha value is -0.120. The number of hydrogen-bond donors (Lipinski definition) is 1. The van der Waals surface area contributed by atoms with Crippen LogP contribution in [0.5, 0.6) is 0 Å². The molecule has 1 saturated heterocycles. The van der Waals surface area contributed by atoms with Crippen LogP contribution in [-0.2, 0) is 4.74 Å². The van der Waals surface area contributed by atoms with Crippen LogP contribution in [0.3, 0.4) is 0 Å². The van der Waals surface area contributed by atoms with Gasteiger partial charge in [-0.3, -0.25) is 4.90 Å². The Kier molecular flexibility index (Phi) is 5.74. The van der Waals surface area contributed by atoms with Crippen LogP contribution in [0.25, 0.3) is 0 Å². The van der Waals surface area contributed by atoms with E-state index in [9.17, 15) is 5.11 Å². The first kappa shape index (κ1) is 18.3. The molecule has 3 heteroatoms. The van der Waals surface area contributed by atoms with E-state index in [1.807, 2.05) is 0 Å². The molecule has 0 aromatic heterocycles. The quantitative estimate of drug-likeness (QED) is 0.666. The minimum absolute atomic E-state index is 0.316. The van der Waals surface area contributed by atoms with Crippen LogP contribution >= 0.6 is 0 Å². The van der Waals surface area contributed by atoms with Gasteiger partial charge in [0.2, 0.25) is 0 Å². The summed E-state index contributed by atoms with van der Waals surface area (Å²) in [6.07, 6.45) is 15.0. The maximum absolute atomic E-state index is 10.4. The molecule has 0 unspecified atom stereocenters. The molecule has 0 aromatic carbocycles. The second-order valence-electron chi connectivity index (χ2n) is 9.95. The first-order chi connectivity index (χ1) is 12.2. The van der Waals surface area contributed by atoms with E-state index in [-0.39, 0.29) is 6.10 Å². The Bertz CT molecular complexity index is 402. The molecule has 0 amide bonds. The summed E-state index contributed by atoms with van der Waals surface area (Å²) in [7, 11) is 0. The van der Waals surface area contributed by atoms with Crippen molar-refractivity contribution >= 4 is 0 Å². The molecule has 0 aromatic rings. The van der Waals surface area contributed by atoms with Crippen LogP contribution in [0.1, 0.15) is 77.6 Å². The first-order valence-corrected chi connectivity index (χ1v) is 11.2. The molecular formula is C22H39NO2. The molecule has 144 valence electrons. The molecule has 25 heavy (non-hydrogen) atoms. The number of rotatable bonds is 8. The third-order valence-corrected chi connectivity index (χ3v) is 7.92. The summed E-state index contributed by atoms with van der Waals surface area (Å²) in [5, 5.41) is 10.4. The molecule has 4 aliphatic carbocycles. The van der Waals surface area contributed by atoms with Gasteiger partial charge in [0.05, 0.1) is 12.7 Å². The predicted octanol–water partition coefficient (Wildman–Crippen LogP) is 4.23. The second kappa shape index (κ2) is 7.86. The summed E-state index contributed by atoms with van der Waals surface area (Å²) in [6, 6.07) is 0.676. The van der Waals surface area contributed by atoms with Crippen LogP contribution in [0.2, 0.25) is 0 Å². The lowest BCUT2D eigenvalue weighted by Crippen LogP contribution is -2.46. The lowest BCUT2D eigenvalue weighted by molar-refractivity contribution is -0.0748. The number of hydrogen-bond acceptors (Lipinski definition) is 3. The highest BCUT2D eigenvalue weighted by atomic mass is 16.5. The Balaban J connectivity index is 1.17. The summed E-state index contributed by atoms with van der Waals surface area (Å²) < 4.78 is 5.97.